The maximum absolute atomic E-state index is 12.4. The number of methoxy groups -OCH3 is 1. The SMILES string of the molecule is COc1cccc(C(=O)Nc2ccc(C[C@H](N[C@@H](CC(C)C)C(=O)O)C(=O)O)nc2)c1. The second-order valence-corrected chi connectivity index (χ2v) is 7.51. The van der Waals surface area contributed by atoms with E-state index < -0.39 is 24.0 Å². The molecule has 9 nitrogen and oxygen atoms in total. The summed E-state index contributed by atoms with van der Waals surface area (Å²) in [7, 11) is 1.51. The zero-order chi connectivity index (χ0) is 23.0. The minimum absolute atomic E-state index is 0.00131. The van der Waals surface area contributed by atoms with Crippen molar-refractivity contribution in [3.8, 4) is 5.75 Å². The highest BCUT2D eigenvalue weighted by atomic mass is 16.5. The zero-order valence-corrected chi connectivity index (χ0v) is 17.7. The van der Waals surface area contributed by atoms with Gasteiger partial charge < -0.3 is 20.3 Å². The van der Waals surface area contributed by atoms with Gasteiger partial charge in [0, 0.05) is 17.7 Å². The molecule has 0 radical (unpaired) electrons. The summed E-state index contributed by atoms with van der Waals surface area (Å²) in [5, 5.41) is 24.2. The number of rotatable bonds is 11. The number of hydrogen-bond acceptors (Lipinski definition) is 6. The van der Waals surface area contributed by atoms with Crippen molar-refractivity contribution in [3.05, 3.63) is 53.9 Å². The van der Waals surface area contributed by atoms with E-state index in [1.54, 1.807) is 36.4 Å². The predicted octanol–water partition coefficient (Wildman–Crippen LogP) is 2.43. The van der Waals surface area contributed by atoms with Gasteiger partial charge in [-0.25, -0.2) is 0 Å². The fraction of sp³-hybridized carbons (Fsp3) is 0.364. The van der Waals surface area contributed by atoms with Gasteiger partial charge in [0.2, 0.25) is 0 Å². The number of carboxylic acids is 2. The van der Waals surface area contributed by atoms with Crippen LogP contribution in [0.1, 0.15) is 36.3 Å². The molecule has 166 valence electrons. The molecule has 0 fully saturated rings. The Hall–Kier alpha value is -3.46. The number of hydrogen-bond donors (Lipinski definition) is 4. The molecule has 1 heterocycles. The van der Waals surface area contributed by atoms with Crippen LogP contribution in [0, 0.1) is 5.92 Å². The summed E-state index contributed by atoms with van der Waals surface area (Å²) in [5.41, 5.74) is 1.32. The first-order valence-electron chi connectivity index (χ1n) is 9.81. The van der Waals surface area contributed by atoms with E-state index in [0.717, 1.165) is 0 Å². The minimum atomic E-state index is -1.16. The molecule has 0 spiro atoms. The number of benzene rings is 1. The summed E-state index contributed by atoms with van der Waals surface area (Å²) >= 11 is 0. The number of nitrogens with zero attached hydrogens (tertiary/aromatic N) is 1. The highest BCUT2D eigenvalue weighted by Crippen LogP contribution is 2.15. The second kappa shape index (κ2) is 11.1. The van der Waals surface area contributed by atoms with Crippen molar-refractivity contribution in [2.75, 3.05) is 12.4 Å². The molecule has 1 aromatic carbocycles. The van der Waals surface area contributed by atoms with Gasteiger partial charge in [-0.15, -0.1) is 0 Å². The van der Waals surface area contributed by atoms with Crippen molar-refractivity contribution in [1.29, 1.82) is 0 Å². The van der Waals surface area contributed by atoms with Gasteiger partial charge >= 0.3 is 11.9 Å². The summed E-state index contributed by atoms with van der Waals surface area (Å²) < 4.78 is 5.11. The maximum Gasteiger partial charge on any atom is 0.321 e. The number of amides is 1. The van der Waals surface area contributed by atoms with Crippen LogP contribution in [0.3, 0.4) is 0 Å². The topological polar surface area (TPSA) is 138 Å². The van der Waals surface area contributed by atoms with Crippen LogP contribution in [-0.2, 0) is 16.0 Å². The van der Waals surface area contributed by atoms with E-state index in [-0.39, 0.29) is 18.2 Å². The lowest BCUT2D eigenvalue weighted by Crippen LogP contribution is -2.48. The second-order valence-electron chi connectivity index (χ2n) is 7.51. The van der Waals surface area contributed by atoms with Crippen LogP contribution < -0.4 is 15.4 Å². The molecule has 0 bridgehead atoms. The van der Waals surface area contributed by atoms with E-state index in [2.05, 4.69) is 15.6 Å². The first kappa shape index (κ1) is 23.8. The third-order valence-electron chi connectivity index (χ3n) is 4.53. The molecule has 0 aliphatic rings. The lowest BCUT2D eigenvalue weighted by molar-refractivity contribution is -0.142. The number of aliphatic carboxylic acids is 2. The van der Waals surface area contributed by atoms with Crippen molar-refractivity contribution in [2.24, 2.45) is 5.92 Å². The molecular weight excluding hydrogens is 402 g/mol. The lowest BCUT2D eigenvalue weighted by atomic mass is 10.0. The van der Waals surface area contributed by atoms with E-state index in [4.69, 9.17) is 4.74 Å². The Morgan fingerprint density at radius 2 is 1.77 bits per heavy atom. The molecule has 2 aromatic rings. The fourth-order valence-electron chi connectivity index (χ4n) is 2.97. The molecule has 0 aliphatic heterocycles. The van der Waals surface area contributed by atoms with E-state index in [1.807, 2.05) is 13.8 Å². The third kappa shape index (κ3) is 7.38. The van der Waals surface area contributed by atoms with Gasteiger partial charge in [-0.2, -0.15) is 0 Å². The predicted molar refractivity (Wildman–Crippen MR) is 114 cm³/mol. The average Bonchev–Trinajstić information content (AvgIpc) is 2.73. The normalized spacial score (nSPS) is 12.8. The largest absolute Gasteiger partial charge is 0.497 e. The van der Waals surface area contributed by atoms with E-state index in [1.165, 1.54) is 13.3 Å². The zero-order valence-electron chi connectivity index (χ0n) is 17.7. The maximum atomic E-state index is 12.4. The van der Waals surface area contributed by atoms with Crippen LogP contribution in [0.4, 0.5) is 5.69 Å². The van der Waals surface area contributed by atoms with Gasteiger partial charge in [-0.3, -0.25) is 24.7 Å². The molecule has 31 heavy (non-hydrogen) atoms. The summed E-state index contributed by atoms with van der Waals surface area (Å²) in [6, 6.07) is 7.83. The van der Waals surface area contributed by atoms with Gasteiger partial charge in [0.1, 0.15) is 17.8 Å². The van der Waals surface area contributed by atoms with Crippen LogP contribution >= 0.6 is 0 Å². The molecule has 2 rings (SSSR count). The van der Waals surface area contributed by atoms with Gasteiger partial charge in [-0.1, -0.05) is 19.9 Å². The van der Waals surface area contributed by atoms with Gasteiger partial charge in [0.15, 0.2) is 0 Å². The molecule has 0 aliphatic carbocycles. The summed E-state index contributed by atoms with van der Waals surface area (Å²) in [5.74, 6) is -1.94. The Kier molecular flexibility index (Phi) is 8.51. The van der Waals surface area contributed by atoms with E-state index in [9.17, 15) is 24.6 Å². The van der Waals surface area contributed by atoms with Gasteiger partial charge in [-0.05, 0) is 42.7 Å². The van der Waals surface area contributed by atoms with Crippen LogP contribution in [-0.4, -0.2) is 52.2 Å². The van der Waals surface area contributed by atoms with Gasteiger partial charge in [0.25, 0.3) is 5.91 Å². The van der Waals surface area contributed by atoms with E-state index in [0.29, 0.717) is 29.1 Å². The van der Waals surface area contributed by atoms with Crippen LogP contribution in [0.2, 0.25) is 0 Å². The van der Waals surface area contributed by atoms with Crippen molar-refractivity contribution in [3.63, 3.8) is 0 Å². The van der Waals surface area contributed by atoms with Crippen LogP contribution in [0.5, 0.6) is 5.75 Å². The number of aromatic nitrogens is 1. The Labute approximate surface area is 180 Å². The molecule has 1 aromatic heterocycles. The molecule has 1 amide bonds. The fourth-order valence-corrected chi connectivity index (χ4v) is 2.97. The Balaban J connectivity index is 2.04. The van der Waals surface area contributed by atoms with E-state index >= 15 is 0 Å². The van der Waals surface area contributed by atoms with Crippen molar-refractivity contribution in [2.45, 2.75) is 38.8 Å². The number of carbonyl (C=O) groups is 3. The minimum Gasteiger partial charge on any atom is -0.497 e. The Morgan fingerprint density at radius 1 is 1.06 bits per heavy atom. The quantitative estimate of drug-likeness (QED) is 0.427. The van der Waals surface area contributed by atoms with Crippen molar-refractivity contribution in [1.82, 2.24) is 10.3 Å². The summed E-state index contributed by atoms with van der Waals surface area (Å²) in [6.07, 6.45) is 1.73. The molecule has 0 saturated heterocycles. The Bertz CT molecular complexity index is 914. The number of pyridine rings is 1. The Morgan fingerprint density at radius 3 is 2.32 bits per heavy atom. The average molecular weight is 429 g/mol. The number of carbonyl (C=O) groups excluding carboxylic acids is 1. The highest BCUT2D eigenvalue weighted by Gasteiger charge is 2.27. The molecule has 2 atom stereocenters. The smallest absolute Gasteiger partial charge is 0.321 e. The van der Waals surface area contributed by atoms with Gasteiger partial charge in [0.05, 0.1) is 19.0 Å². The number of nitrogens with one attached hydrogen (secondary N) is 2. The van der Waals surface area contributed by atoms with Crippen molar-refractivity contribution >= 4 is 23.5 Å². The molecular formula is C22H27N3O6. The first-order valence-corrected chi connectivity index (χ1v) is 9.81. The number of carboxylic acid groups (broad SMARTS) is 2. The molecule has 9 heteroatoms. The first-order chi connectivity index (χ1) is 14.7. The standard InChI is InChI=1S/C22H27N3O6/c1-13(2)9-18(21(27)28)25-19(22(29)30)11-15-7-8-16(12-23-15)24-20(26)14-5-4-6-17(10-14)31-3/h4-8,10,12-13,18-19,25H,9,11H2,1-3H3,(H,24,26)(H,27,28)(H,29,30)/t18-,19-/m0/s1. The molecule has 4 N–H and O–H groups in total. The number of ether oxygens (including phenoxy) is 1. The summed E-state index contributed by atoms with van der Waals surface area (Å²) in [6.45, 7) is 3.74. The number of anilines is 1. The molecule has 0 unspecified atom stereocenters. The summed E-state index contributed by atoms with van der Waals surface area (Å²) in [4.78, 5) is 39.6. The monoisotopic (exact) mass is 429 g/mol. The van der Waals surface area contributed by atoms with Crippen LogP contribution in [0.15, 0.2) is 42.6 Å². The van der Waals surface area contributed by atoms with Crippen molar-refractivity contribution < 1.29 is 29.3 Å². The highest BCUT2D eigenvalue weighted by molar-refractivity contribution is 6.04. The molecule has 0 saturated carbocycles. The third-order valence-corrected chi connectivity index (χ3v) is 4.53. The van der Waals surface area contributed by atoms with Crippen LogP contribution in [0.25, 0.3) is 0 Å². The lowest BCUT2D eigenvalue weighted by Gasteiger charge is -2.21.